The molecule has 0 radical (unpaired) electrons. The van der Waals surface area contributed by atoms with Gasteiger partial charge in [-0.3, -0.25) is 14.9 Å². The van der Waals surface area contributed by atoms with E-state index in [9.17, 15) is 19.3 Å². The van der Waals surface area contributed by atoms with Crippen LogP contribution < -0.4 is 10.2 Å². The van der Waals surface area contributed by atoms with Crippen LogP contribution in [0.25, 0.3) is 10.1 Å². The minimum atomic E-state index is -0.479. The first kappa shape index (κ1) is 21.1. The summed E-state index contributed by atoms with van der Waals surface area (Å²) in [5.74, 6) is -0.294. The standard InChI is InChI=1S/C23H16FN3O4S/c24-19-7-3-1-6-16(19)14-31-20-8-4-2-5-15(20)13-25-26-23(28)22-12-17-11-18(27(29)30)9-10-21(17)32-22/h1-13H,14H2,(H,26,28). The molecule has 1 aromatic heterocycles. The van der Waals surface area contributed by atoms with Gasteiger partial charge >= 0.3 is 0 Å². The summed E-state index contributed by atoms with van der Waals surface area (Å²) < 4.78 is 20.3. The molecular formula is C23H16FN3O4S. The van der Waals surface area contributed by atoms with Crippen LogP contribution in [-0.4, -0.2) is 17.0 Å². The largest absolute Gasteiger partial charge is 0.488 e. The van der Waals surface area contributed by atoms with Crippen LogP contribution in [0, 0.1) is 15.9 Å². The van der Waals surface area contributed by atoms with Gasteiger partial charge in [0.25, 0.3) is 11.6 Å². The van der Waals surface area contributed by atoms with E-state index in [1.54, 1.807) is 54.6 Å². The minimum Gasteiger partial charge on any atom is -0.488 e. The Morgan fingerprint density at radius 3 is 2.72 bits per heavy atom. The van der Waals surface area contributed by atoms with Crippen LogP contribution in [0.5, 0.6) is 5.75 Å². The average molecular weight is 449 g/mol. The highest BCUT2D eigenvalue weighted by Gasteiger charge is 2.13. The van der Waals surface area contributed by atoms with Gasteiger partial charge in [-0.05, 0) is 30.3 Å². The van der Waals surface area contributed by atoms with E-state index in [1.165, 1.54) is 35.8 Å². The topological polar surface area (TPSA) is 93.8 Å². The zero-order valence-corrected chi connectivity index (χ0v) is 17.3. The monoisotopic (exact) mass is 449 g/mol. The van der Waals surface area contributed by atoms with Crippen LogP contribution in [0.15, 0.2) is 77.9 Å². The molecule has 32 heavy (non-hydrogen) atoms. The number of rotatable bonds is 7. The highest BCUT2D eigenvalue weighted by molar-refractivity contribution is 7.20. The second-order valence-corrected chi connectivity index (χ2v) is 7.79. The number of fused-ring (bicyclic) bond motifs is 1. The van der Waals surface area contributed by atoms with Gasteiger partial charge in [0.15, 0.2) is 0 Å². The zero-order valence-electron chi connectivity index (χ0n) is 16.5. The molecule has 160 valence electrons. The third-order valence-corrected chi connectivity index (χ3v) is 5.68. The summed E-state index contributed by atoms with van der Waals surface area (Å²) >= 11 is 1.21. The molecule has 0 fully saturated rings. The molecule has 0 aliphatic rings. The number of halogens is 1. The third kappa shape index (κ3) is 4.79. The third-order valence-electron chi connectivity index (χ3n) is 4.56. The van der Waals surface area contributed by atoms with Crippen LogP contribution in [0.2, 0.25) is 0 Å². The van der Waals surface area contributed by atoms with Crippen molar-refractivity contribution in [3.63, 3.8) is 0 Å². The molecule has 3 aromatic carbocycles. The number of hydrazone groups is 1. The maximum absolute atomic E-state index is 13.8. The number of hydrogen-bond donors (Lipinski definition) is 1. The number of hydrogen-bond acceptors (Lipinski definition) is 6. The van der Waals surface area contributed by atoms with Gasteiger partial charge in [-0.2, -0.15) is 5.10 Å². The first-order chi connectivity index (χ1) is 15.5. The molecular weight excluding hydrogens is 433 g/mol. The second-order valence-electron chi connectivity index (χ2n) is 6.71. The van der Waals surface area contributed by atoms with Gasteiger partial charge in [0.05, 0.1) is 16.0 Å². The van der Waals surface area contributed by atoms with Gasteiger partial charge in [-0.15, -0.1) is 11.3 Å². The highest BCUT2D eigenvalue weighted by atomic mass is 32.1. The predicted molar refractivity (Wildman–Crippen MR) is 121 cm³/mol. The number of nitro benzene ring substituents is 1. The number of nitro groups is 1. The van der Waals surface area contributed by atoms with E-state index >= 15 is 0 Å². The average Bonchev–Trinajstić information content (AvgIpc) is 3.23. The molecule has 4 aromatic rings. The molecule has 0 aliphatic carbocycles. The van der Waals surface area contributed by atoms with Crippen LogP contribution in [0.3, 0.4) is 0 Å². The lowest BCUT2D eigenvalue weighted by Crippen LogP contribution is -2.16. The molecule has 0 spiro atoms. The van der Waals surface area contributed by atoms with Crippen LogP contribution >= 0.6 is 11.3 Å². The van der Waals surface area contributed by atoms with Crippen LogP contribution in [0.1, 0.15) is 20.8 Å². The summed E-state index contributed by atoms with van der Waals surface area (Å²) in [6.45, 7) is 0.0534. The van der Waals surface area contributed by atoms with Gasteiger partial charge in [-0.25, -0.2) is 9.82 Å². The van der Waals surface area contributed by atoms with Crippen molar-refractivity contribution in [3.05, 3.63) is 105 Å². The maximum Gasteiger partial charge on any atom is 0.281 e. The summed E-state index contributed by atoms with van der Waals surface area (Å²) in [5.41, 5.74) is 3.45. The number of benzene rings is 3. The van der Waals surface area contributed by atoms with Crippen molar-refractivity contribution in [1.29, 1.82) is 0 Å². The molecule has 7 nitrogen and oxygen atoms in total. The maximum atomic E-state index is 13.8. The molecule has 0 saturated carbocycles. The van der Waals surface area contributed by atoms with Crippen molar-refractivity contribution in [1.82, 2.24) is 5.43 Å². The van der Waals surface area contributed by atoms with Gasteiger partial charge in [0.2, 0.25) is 0 Å². The molecule has 1 heterocycles. The van der Waals surface area contributed by atoms with Crippen molar-refractivity contribution in [3.8, 4) is 5.75 Å². The number of carbonyl (C=O) groups is 1. The Balaban J connectivity index is 1.44. The summed E-state index contributed by atoms with van der Waals surface area (Å²) in [7, 11) is 0. The van der Waals surface area contributed by atoms with Crippen LogP contribution in [-0.2, 0) is 6.61 Å². The molecule has 9 heteroatoms. The van der Waals surface area contributed by atoms with E-state index in [2.05, 4.69) is 10.5 Å². The smallest absolute Gasteiger partial charge is 0.281 e. The van der Waals surface area contributed by atoms with Gasteiger partial charge in [0, 0.05) is 33.3 Å². The Kier molecular flexibility index (Phi) is 6.18. The highest BCUT2D eigenvalue weighted by Crippen LogP contribution is 2.29. The molecule has 0 bridgehead atoms. The van der Waals surface area contributed by atoms with Crippen LogP contribution in [0.4, 0.5) is 10.1 Å². The molecule has 1 N–H and O–H groups in total. The molecule has 1 amide bonds. The summed E-state index contributed by atoms with van der Waals surface area (Å²) in [4.78, 5) is 23.2. The van der Waals surface area contributed by atoms with Crippen molar-refractivity contribution in [2.75, 3.05) is 0 Å². The Morgan fingerprint density at radius 1 is 1.12 bits per heavy atom. The number of thiophene rings is 1. The zero-order chi connectivity index (χ0) is 22.5. The van der Waals surface area contributed by atoms with E-state index in [0.29, 0.717) is 27.1 Å². The van der Waals surface area contributed by atoms with E-state index in [-0.39, 0.29) is 18.1 Å². The molecule has 0 aliphatic heterocycles. The Bertz CT molecular complexity index is 1340. The second kappa shape index (κ2) is 9.36. The van der Waals surface area contributed by atoms with E-state index < -0.39 is 10.8 Å². The van der Waals surface area contributed by atoms with Gasteiger partial charge < -0.3 is 4.74 Å². The first-order valence-electron chi connectivity index (χ1n) is 9.48. The van der Waals surface area contributed by atoms with E-state index in [4.69, 9.17) is 4.74 Å². The fourth-order valence-electron chi connectivity index (χ4n) is 2.96. The summed E-state index contributed by atoms with van der Waals surface area (Å²) in [6, 6.07) is 19.4. The fourth-order valence-corrected chi connectivity index (χ4v) is 3.89. The normalized spacial score (nSPS) is 11.0. The van der Waals surface area contributed by atoms with E-state index in [1.807, 2.05) is 0 Å². The van der Waals surface area contributed by atoms with Crippen molar-refractivity contribution < 1.29 is 18.8 Å². The number of nitrogens with zero attached hydrogens (tertiary/aromatic N) is 2. The lowest BCUT2D eigenvalue weighted by Gasteiger charge is -2.09. The van der Waals surface area contributed by atoms with Crippen molar-refractivity contribution in [2.24, 2.45) is 5.10 Å². The number of ether oxygens (including phenoxy) is 1. The lowest BCUT2D eigenvalue weighted by atomic mass is 10.2. The molecule has 0 unspecified atom stereocenters. The number of nitrogens with one attached hydrogen (secondary N) is 1. The number of non-ortho nitro benzene ring substituents is 1. The van der Waals surface area contributed by atoms with Crippen molar-refractivity contribution in [2.45, 2.75) is 6.61 Å². The lowest BCUT2D eigenvalue weighted by molar-refractivity contribution is -0.384. The number of carbonyl (C=O) groups excluding carboxylic acids is 1. The summed E-state index contributed by atoms with van der Waals surface area (Å²) in [5, 5.41) is 15.5. The van der Waals surface area contributed by atoms with Crippen molar-refractivity contribution >= 4 is 39.2 Å². The molecule has 0 saturated heterocycles. The minimum absolute atomic E-state index is 0.0349. The number of para-hydroxylation sites is 1. The molecule has 4 rings (SSSR count). The Morgan fingerprint density at radius 2 is 1.91 bits per heavy atom. The van der Waals surface area contributed by atoms with Gasteiger partial charge in [-0.1, -0.05) is 30.3 Å². The van der Waals surface area contributed by atoms with Gasteiger partial charge in [0.1, 0.15) is 18.2 Å². The predicted octanol–water partition coefficient (Wildman–Crippen LogP) is 5.29. The Hall–Kier alpha value is -4.11. The quantitative estimate of drug-likeness (QED) is 0.236. The SMILES string of the molecule is O=C(NN=Cc1ccccc1OCc1ccccc1F)c1cc2cc([N+](=O)[O-])ccc2s1. The fraction of sp³-hybridized carbons (Fsp3) is 0.0435. The number of amides is 1. The summed E-state index contributed by atoms with van der Waals surface area (Å²) in [6.07, 6.45) is 1.44. The van der Waals surface area contributed by atoms with E-state index in [0.717, 1.165) is 4.70 Å². The molecule has 0 atom stereocenters. The Labute approximate surface area is 185 Å². The first-order valence-corrected chi connectivity index (χ1v) is 10.3.